The largest absolute Gasteiger partial charge is 0.481 e. The van der Waals surface area contributed by atoms with E-state index in [-0.39, 0.29) is 0 Å². The van der Waals surface area contributed by atoms with Crippen molar-refractivity contribution in [1.82, 2.24) is 5.32 Å². The third-order valence-electron chi connectivity index (χ3n) is 3.04. The highest BCUT2D eigenvalue weighted by Gasteiger charge is 2.19. The molecular weight excluding hydrogens is 242 g/mol. The van der Waals surface area contributed by atoms with Crippen molar-refractivity contribution >= 4 is 22.6 Å². The van der Waals surface area contributed by atoms with Gasteiger partial charge in [-0.15, -0.1) is 0 Å². The molecule has 0 aliphatic heterocycles. The fourth-order valence-corrected chi connectivity index (χ4v) is 1.80. The molecule has 0 fully saturated rings. The Morgan fingerprint density at radius 2 is 1.84 bits per heavy atom. The first-order valence-electron chi connectivity index (χ1n) is 6.06. The van der Waals surface area contributed by atoms with Crippen LogP contribution >= 0.6 is 0 Å². The third kappa shape index (κ3) is 3.10. The summed E-state index contributed by atoms with van der Waals surface area (Å²) >= 11 is 0. The van der Waals surface area contributed by atoms with Gasteiger partial charge in [0, 0.05) is 6.54 Å². The Kier molecular flexibility index (Phi) is 3.80. The summed E-state index contributed by atoms with van der Waals surface area (Å²) < 4.78 is 0. The average molecular weight is 257 g/mol. The first-order chi connectivity index (χ1) is 9.08. The Morgan fingerprint density at radius 3 is 2.53 bits per heavy atom. The summed E-state index contributed by atoms with van der Waals surface area (Å²) in [6, 6.07) is 13.8. The number of carboxylic acids is 1. The minimum Gasteiger partial charge on any atom is -0.481 e. The van der Waals surface area contributed by atoms with Gasteiger partial charge in [-0.3, -0.25) is 9.59 Å². The van der Waals surface area contributed by atoms with E-state index in [2.05, 4.69) is 5.32 Å². The maximum Gasteiger partial charge on any atom is 0.315 e. The predicted molar refractivity (Wildman–Crippen MR) is 72.6 cm³/mol. The van der Waals surface area contributed by atoms with Gasteiger partial charge >= 0.3 is 5.97 Å². The second kappa shape index (κ2) is 5.52. The molecule has 1 unspecified atom stereocenters. The van der Waals surface area contributed by atoms with Crippen molar-refractivity contribution in [3.05, 3.63) is 48.0 Å². The number of benzene rings is 2. The Hall–Kier alpha value is -2.36. The summed E-state index contributed by atoms with van der Waals surface area (Å²) in [6.45, 7) is 1.71. The molecule has 0 saturated heterocycles. The molecule has 2 rings (SSSR count). The molecule has 0 bridgehead atoms. The molecule has 4 nitrogen and oxygen atoms in total. The van der Waals surface area contributed by atoms with Crippen LogP contribution in [0.4, 0.5) is 0 Å². The number of carbonyl (C=O) groups excluding carboxylic acids is 1. The number of aliphatic carboxylic acids is 1. The second-order valence-corrected chi connectivity index (χ2v) is 4.46. The molecular formula is C15H15NO3. The Morgan fingerprint density at radius 1 is 1.16 bits per heavy atom. The van der Waals surface area contributed by atoms with Crippen LogP contribution in [0.1, 0.15) is 12.5 Å². The first-order valence-corrected chi connectivity index (χ1v) is 6.06. The van der Waals surface area contributed by atoms with Crippen molar-refractivity contribution in [2.45, 2.75) is 13.5 Å². The number of rotatable bonds is 4. The minimum atomic E-state index is -1.11. The van der Waals surface area contributed by atoms with E-state index in [1.165, 1.54) is 6.92 Å². The van der Waals surface area contributed by atoms with E-state index in [1.54, 1.807) is 0 Å². The SMILES string of the molecule is CC(C(=O)O)C(=O)NCc1ccc2ccccc2c1. The molecule has 0 heterocycles. The van der Waals surface area contributed by atoms with Crippen molar-refractivity contribution in [1.29, 1.82) is 0 Å². The standard InChI is InChI=1S/C15H15NO3/c1-10(15(18)19)14(17)16-9-11-6-7-12-4-2-3-5-13(12)8-11/h2-8,10H,9H2,1H3,(H,16,17)(H,18,19). The van der Waals surface area contributed by atoms with Crippen LogP contribution < -0.4 is 5.32 Å². The normalized spacial score (nSPS) is 12.1. The molecule has 1 atom stereocenters. The lowest BCUT2D eigenvalue weighted by atomic mass is 10.1. The van der Waals surface area contributed by atoms with Crippen molar-refractivity contribution in [3.8, 4) is 0 Å². The quantitative estimate of drug-likeness (QED) is 0.825. The fraction of sp³-hybridized carbons (Fsp3) is 0.200. The lowest BCUT2D eigenvalue weighted by Gasteiger charge is -2.09. The Bertz CT molecular complexity index is 622. The number of carboxylic acid groups (broad SMARTS) is 1. The molecule has 2 aromatic rings. The number of carbonyl (C=O) groups is 2. The van der Waals surface area contributed by atoms with Crippen LogP contribution in [0.25, 0.3) is 10.8 Å². The van der Waals surface area contributed by atoms with Gasteiger partial charge < -0.3 is 10.4 Å². The number of hydrogen-bond acceptors (Lipinski definition) is 2. The van der Waals surface area contributed by atoms with Gasteiger partial charge in [-0.2, -0.15) is 0 Å². The number of hydrogen-bond donors (Lipinski definition) is 2. The highest BCUT2D eigenvalue weighted by atomic mass is 16.4. The fourth-order valence-electron chi connectivity index (χ4n) is 1.80. The Balaban J connectivity index is 2.06. The van der Waals surface area contributed by atoms with Gasteiger partial charge in [-0.05, 0) is 29.3 Å². The van der Waals surface area contributed by atoms with Gasteiger partial charge in [-0.25, -0.2) is 0 Å². The van der Waals surface area contributed by atoms with Crippen LogP contribution in [-0.2, 0) is 16.1 Å². The molecule has 1 amide bonds. The lowest BCUT2D eigenvalue weighted by molar-refractivity contribution is -0.146. The zero-order valence-electron chi connectivity index (χ0n) is 10.6. The van der Waals surface area contributed by atoms with Gasteiger partial charge in [0.15, 0.2) is 0 Å². The summed E-state index contributed by atoms with van der Waals surface area (Å²) in [5, 5.41) is 13.6. The maximum atomic E-state index is 11.5. The van der Waals surface area contributed by atoms with Crippen LogP contribution in [0.15, 0.2) is 42.5 Å². The van der Waals surface area contributed by atoms with E-state index in [0.717, 1.165) is 16.3 Å². The summed E-state index contributed by atoms with van der Waals surface area (Å²) in [7, 11) is 0. The van der Waals surface area contributed by atoms with Crippen LogP contribution in [0, 0.1) is 5.92 Å². The highest BCUT2D eigenvalue weighted by molar-refractivity contribution is 5.96. The summed E-state index contributed by atoms with van der Waals surface area (Å²) in [5.41, 5.74) is 0.949. The Labute approximate surface area is 111 Å². The number of nitrogens with one attached hydrogen (secondary N) is 1. The molecule has 0 spiro atoms. The van der Waals surface area contributed by atoms with E-state index in [9.17, 15) is 9.59 Å². The zero-order valence-corrected chi connectivity index (χ0v) is 10.6. The first kappa shape index (κ1) is 13.1. The molecule has 4 heteroatoms. The highest BCUT2D eigenvalue weighted by Crippen LogP contribution is 2.15. The molecule has 0 aliphatic carbocycles. The molecule has 0 aliphatic rings. The monoisotopic (exact) mass is 257 g/mol. The molecule has 19 heavy (non-hydrogen) atoms. The maximum absolute atomic E-state index is 11.5. The van der Waals surface area contributed by atoms with E-state index < -0.39 is 17.8 Å². The van der Waals surface area contributed by atoms with Crippen molar-refractivity contribution in [2.75, 3.05) is 0 Å². The molecule has 2 aromatic carbocycles. The number of fused-ring (bicyclic) bond motifs is 1. The van der Waals surface area contributed by atoms with Crippen LogP contribution in [0.5, 0.6) is 0 Å². The molecule has 2 N–H and O–H groups in total. The smallest absolute Gasteiger partial charge is 0.315 e. The molecule has 0 saturated carbocycles. The second-order valence-electron chi connectivity index (χ2n) is 4.46. The van der Waals surface area contributed by atoms with Crippen LogP contribution in [0.3, 0.4) is 0 Å². The average Bonchev–Trinajstić information content (AvgIpc) is 2.43. The molecule has 98 valence electrons. The summed E-state index contributed by atoms with van der Waals surface area (Å²) in [4.78, 5) is 22.2. The lowest BCUT2D eigenvalue weighted by Crippen LogP contribution is -2.33. The van der Waals surface area contributed by atoms with Crippen LogP contribution in [-0.4, -0.2) is 17.0 Å². The van der Waals surface area contributed by atoms with Crippen molar-refractivity contribution in [2.24, 2.45) is 5.92 Å². The predicted octanol–water partition coefficient (Wildman–Crippen LogP) is 2.18. The van der Waals surface area contributed by atoms with E-state index in [0.29, 0.717) is 6.54 Å². The summed E-state index contributed by atoms with van der Waals surface area (Å²) in [6.07, 6.45) is 0. The molecule has 0 radical (unpaired) electrons. The minimum absolute atomic E-state index is 0.335. The third-order valence-corrected chi connectivity index (χ3v) is 3.04. The van der Waals surface area contributed by atoms with Gasteiger partial charge in [0.1, 0.15) is 5.92 Å². The van der Waals surface area contributed by atoms with Crippen molar-refractivity contribution in [3.63, 3.8) is 0 Å². The topological polar surface area (TPSA) is 66.4 Å². The van der Waals surface area contributed by atoms with Gasteiger partial charge in [0.25, 0.3) is 0 Å². The number of amides is 1. The van der Waals surface area contributed by atoms with Gasteiger partial charge in [0.2, 0.25) is 5.91 Å². The van der Waals surface area contributed by atoms with Gasteiger partial charge in [0.05, 0.1) is 0 Å². The zero-order chi connectivity index (χ0) is 13.8. The van der Waals surface area contributed by atoms with E-state index in [4.69, 9.17) is 5.11 Å². The molecule has 0 aromatic heterocycles. The van der Waals surface area contributed by atoms with Crippen molar-refractivity contribution < 1.29 is 14.7 Å². The summed E-state index contributed by atoms with van der Waals surface area (Å²) in [5.74, 6) is -2.61. The van der Waals surface area contributed by atoms with Gasteiger partial charge in [-0.1, -0.05) is 36.4 Å². The van der Waals surface area contributed by atoms with Crippen LogP contribution in [0.2, 0.25) is 0 Å². The van der Waals surface area contributed by atoms with E-state index >= 15 is 0 Å². The van der Waals surface area contributed by atoms with E-state index in [1.807, 2.05) is 42.5 Å².